The molecule has 3 heterocycles. The molecule has 0 saturated heterocycles. The Bertz CT molecular complexity index is 1770. The van der Waals surface area contributed by atoms with Gasteiger partial charge in [-0.1, -0.05) is 96.5 Å². The topological polar surface area (TPSA) is 49.2 Å². The van der Waals surface area contributed by atoms with Gasteiger partial charge in [-0.25, -0.2) is 4.98 Å². The first-order valence-corrected chi connectivity index (χ1v) is 14.0. The molecular formula is C36H36N3OPt-. The Morgan fingerprint density at radius 3 is 2.37 bits per heavy atom. The number of hydrogen-bond acceptors (Lipinski definition) is 4. The largest absolute Gasteiger partial charge is 0.505 e. The van der Waals surface area contributed by atoms with Crippen LogP contribution in [0.4, 0.5) is 17.2 Å². The van der Waals surface area contributed by atoms with Crippen LogP contribution in [0.1, 0.15) is 76.6 Å². The smallest absolute Gasteiger partial charge is 0.144 e. The minimum atomic E-state index is -0.222. The molecule has 5 aromatic rings. The van der Waals surface area contributed by atoms with Gasteiger partial charge in [-0.3, -0.25) is 4.98 Å². The van der Waals surface area contributed by atoms with Gasteiger partial charge in [-0.2, -0.15) is 0 Å². The fraction of sp³-hybridized carbons (Fsp3) is 0.278. The van der Waals surface area contributed by atoms with Crippen LogP contribution in [0.5, 0.6) is 5.75 Å². The zero-order valence-corrected chi connectivity index (χ0v) is 27.0. The van der Waals surface area contributed by atoms with Crippen molar-refractivity contribution in [2.24, 2.45) is 0 Å². The summed E-state index contributed by atoms with van der Waals surface area (Å²) in [4.78, 5) is 12.0. The van der Waals surface area contributed by atoms with E-state index in [2.05, 4.69) is 108 Å². The van der Waals surface area contributed by atoms with Crippen LogP contribution in [0.2, 0.25) is 0 Å². The number of benzene rings is 3. The molecule has 41 heavy (non-hydrogen) atoms. The van der Waals surface area contributed by atoms with Crippen LogP contribution in [0.25, 0.3) is 22.2 Å². The second-order valence-corrected chi connectivity index (χ2v) is 12.7. The second kappa shape index (κ2) is 10.4. The summed E-state index contributed by atoms with van der Waals surface area (Å²) < 4.78 is 0. The number of nitrogens with zero attached hydrogens (tertiary/aromatic N) is 3. The van der Waals surface area contributed by atoms with E-state index in [4.69, 9.17) is 9.97 Å². The van der Waals surface area contributed by atoms with E-state index in [1.54, 1.807) is 0 Å². The van der Waals surface area contributed by atoms with Gasteiger partial charge in [-0.15, -0.1) is 23.8 Å². The molecule has 0 unspecified atom stereocenters. The molecule has 0 radical (unpaired) electrons. The van der Waals surface area contributed by atoms with Crippen molar-refractivity contribution in [1.82, 2.24) is 9.97 Å². The van der Waals surface area contributed by atoms with Crippen LogP contribution in [0.3, 0.4) is 0 Å². The molecule has 2 aromatic heterocycles. The minimum absolute atomic E-state index is 0. The number of anilines is 3. The summed E-state index contributed by atoms with van der Waals surface area (Å²) in [7, 11) is 0. The van der Waals surface area contributed by atoms with Gasteiger partial charge in [0.25, 0.3) is 0 Å². The number of fused-ring (bicyclic) bond motifs is 3. The van der Waals surface area contributed by atoms with Crippen molar-refractivity contribution in [2.75, 3.05) is 4.90 Å². The quantitative estimate of drug-likeness (QED) is 0.189. The van der Waals surface area contributed by atoms with Gasteiger partial charge in [0.05, 0.1) is 0 Å². The van der Waals surface area contributed by atoms with Crippen molar-refractivity contribution >= 4 is 28.1 Å². The van der Waals surface area contributed by atoms with Gasteiger partial charge >= 0.3 is 0 Å². The van der Waals surface area contributed by atoms with E-state index >= 15 is 0 Å². The van der Waals surface area contributed by atoms with Crippen molar-refractivity contribution in [1.29, 1.82) is 0 Å². The second-order valence-electron chi connectivity index (χ2n) is 12.7. The molecule has 0 spiro atoms. The zero-order chi connectivity index (χ0) is 28.4. The molecule has 4 nitrogen and oxygen atoms in total. The molecule has 212 valence electrons. The van der Waals surface area contributed by atoms with Gasteiger partial charge in [0.1, 0.15) is 17.1 Å². The van der Waals surface area contributed by atoms with E-state index in [9.17, 15) is 5.11 Å². The summed E-state index contributed by atoms with van der Waals surface area (Å²) in [6.45, 7) is 15.4. The monoisotopic (exact) mass is 721 g/mol. The minimum Gasteiger partial charge on any atom is -0.505 e. The molecule has 3 aromatic carbocycles. The van der Waals surface area contributed by atoms with Gasteiger partial charge in [0.2, 0.25) is 0 Å². The predicted octanol–water partition coefficient (Wildman–Crippen LogP) is 9.33. The van der Waals surface area contributed by atoms with Gasteiger partial charge in [-0.05, 0) is 63.0 Å². The van der Waals surface area contributed by atoms with Crippen LogP contribution < -0.4 is 4.90 Å². The van der Waals surface area contributed by atoms with E-state index in [1.807, 2.05) is 30.5 Å². The predicted molar refractivity (Wildman–Crippen MR) is 165 cm³/mol. The Morgan fingerprint density at radius 1 is 0.902 bits per heavy atom. The third kappa shape index (κ3) is 4.87. The third-order valence-electron chi connectivity index (χ3n) is 8.25. The maximum atomic E-state index is 11.1. The molecule has 0 bridgehead atoms. The van der Waals surface area contributed by atoms with Crippen LogP contribution in [-0.2, 0) is 31.9 Å². The number of pyridine rings is 2. The van der Waals surface area contributed by atoms with E-state index in [-0.39, 0.29) is 43.6 Å². The van der Waals surface area contributed by atoms with Crippen LogP contribution in [0.15, 0.2) is 79.0 Å². The van der Waals surface area contributed by atoms with Crippen LogP contribution in [-0.4, -0.2) is 15.1 Å². The normalized spacial score (nSPS) is 14.0. The molecule has 1 N–H and O–H groups in total. The number of aromatic nitrogens is 2. The summed E-state index contributed by atoms with van der Waals surface area (Å²) >= 11 is 0. The van der Waals surface area contributed by atoms with Gasteiger partial charge in [0, 0.05) is 38.3 Å². The standard InChI is InChI=1S/C36H36N3O.Pt/c1-22(2)26-15-12-23-14-17-29(38-33(23)34(26)40)24-13-16-28-31(20-24)39(30-11-9-8-10-27(30)36(28,6)7)32-21-25(18-19-37-32)35(3,4)5;/h8-19,21-22,40H,1-7H3;/q-1;. The number of para-hydroxylation sites is 1. The summed E-state index contributed by atoms with van der Waals surface area (Å²) in [5.41, 5.74) is 8.70. The Hall–Kier alpha value is -3.49. The Kier molecular flexibility index (Phi) is 7.36. The SMILES string of the molecule is CC(C)c1ccc2ccc(-c3[c-]c4c(cc3)C(C)(C)c3ccccc3N4c3cc(C(C)(C)C)ccn3)nc2c1O.[Pt]. The van der Waals surface area contributed by atoms with E-state index in [0.29, 0.717) is 5.52 Å². The third-order valence-corrected chi connectivity index (χ3v) is 8.25. The van der Waals surface area contributed by atoms with Crippen molar-refractivity contribution in [3.8, 4) is 17.0 Å². The van der Waals surface area contributed by atoms with Crippen molar-refractivity contribution in [3.05, 3.63) is 107 Å². The molecule has 0 amide bonds. The van der Waals surface area contributed by atoms with E-state index < -0.39 is 0 Å². The fourth-order valence-electron chi connectivity index (χ4n) is 5.83. The van der Waals surface area contributed by atoms with Crippen LogP contribution >= 0.6 is 0 Å². The van der Waals surface area contributed by atoms with Crippen molar-refractivity contribution < 1.29 is 26.2 Å². The number of phenols is 1. The maximum absolute atomic E-state index is 11.1. The Balaban J connectivity index is 0.00000337. The molecule has 0 atom stereocenters. The summed E-state index contributed by atoms with van der Waals surface area (Å²) in [5.74, 6) is 1.33. The molecule has 1 aliphatic heterocycles. The molecule has 5 heteroatoms. The Morgan fingerprint density at radius 2 is 1.63 bits per heavy atom. The average Bonchev–Trinajstić information content (AvgIpc) is 2.92. The van der Waals surface area contributed by atoms with E-state index in [1.165, 1.54) is 16.7 Å². The maximum Gasteiger partial charge on any atom is 0.144 e. The average molecular weight is 722 g/mol. The zero-order valence-electron chi connectivity index (χ0n) is 24.7. The molecule has 0 aliphatic carbocycles. The summed E-state index contributed by atoms with van der Waals surface area (Å²) in [6, 6.07) is 29.0. The number of phenolic OH excluding ortho intramolecular Hbond substituents is 1. The molecule has 1 aliphatic rings. The van der Waals surface area contributed by atoms with E-state index in [0.717, 1.165) is 39.4 Å². The Labute approximate surface area is 257 Å². The number of hydrogen-bond donors (Lipinski definition) is 1. The van der Waals surface area contributed by atoms with Gasteiger partial charge in [0.15, 0.2) is 0 Å². The summed E-state index contributed by atoms with van der Waals surface area (Å²) in [5, 5.41) is 12.0. The molecule has 0 fully saturated rings. The van der Waals surface area contributed by atoms with Crippen molar-refractivity contribution in [3.63, 3.8) is 0 Å². The molecular weight excluding hydrogens is 685 g/mol. The molecule has 6 rings (SSSR count). The van der Waals surface area contributed by atoms with Crippen LogP contribution in [0, 0.1) is 6.07 Å². The first kappa shape index (κ1) is 29.0. The van der Waals surface area contributed by atoms with Gasteiger partial charge < -0.3 is 10.0 Å². The molecule has 0 saturated carbocycles. The van der Waals surface area contributed by atoms with Crippen molar-refractivity contribution in [2.45, 2.75) is 65.2 Å². The summed E-state index contributed by atoms with van der Waals surface area (Å²) in [6.07, 6.45) is 1.90. The first-order chi connectivity index (χ1) is 19.0. The number of rotatable bonds is 3. The first-order valence-electron chi connectivity index (χ1n) is 14.0. The fourth-order valence-corrected chi connectivity index (χ4v) is 5.83. The number of aromatic hydroxyl groups is 1.